The van der Waals surface area contributed by atoms with Gasteiger partial charge in [0.05, 0.1) is 13.2 Å². The van der Waals surface area contributed by atoms with Gasteiger partial charge in [-0.1, -0.05) is 15.9 Å². The predicted molar refractivity (Wildman–Crippen MR) is 87.2 cm³/mol. The Hall–Kier alpha value is -1.99. The van der Waals surface area contributed by atoms with Crippen LogP contribution in [-0.2, 0) is 4.74 Å². The monoisotopic (exact) mass is 362 g/mol. The molecule has 0 atom stereocenters. The highest BCUT2D eigenvalue weighted by Gasteiger charge is 2.16. The SMILES string of the molecule is O=C(Nc1ccc(Br)cc1)c1ccnc(N2CCOCC2)n1. The number of ether oxygens (including phenoxy) is 1. The van der Waals surface area contributed by atoms with Crippen molar-refractivity contribution in [1.82, 2.24) is 9.97 Å². The average Bonchev–Trinajstić information content (AvgIpc) is 2.58. The highest BCUT2D eigenvalue weighted by molar-refractivity contribution is 9.10. The van der Waals surface area contributed by atoms with Gasteiger partial charge in [0.1, 0.15) is 5.69 Å². The number of carbonyl (C=O) groups is 1. The van der Waals surface area contributed by atoms with E-state index in [2.05, 4.69) is 31.2 Å². The number of hydrogen-bond acceptors (Lipinski definition) is 5. The third-order valence-corrected chi connectivity index (χ3v) is 3.80. The Kier molecular flexibility index (Phi) is 4.65. The summed E-state index contributed by atoms with van der Waals surface area (Å²) in [6.45, 7) is 2.77. The maximum absolute atomic E-state index is 12.3. The lowest BCUT2D eigenvalue weighted by molar-refractivity contribution is 0.102. The molecule has 0 saturated carbocycles. The minimum Gasteiger partial charge on any atom is -0.378 e. The molecule has 0 radical (unpaired) electrons. The first-order valence-corrected chi connectivity index (χ1v) is 7.74. The fourth-order valence-electron chi connectivity index (χ4n) is 2.12. The van der Waals surface area contributed by atoms with E-state index in [1.807, 2.05) is 29.2 Å². The van der Waals surface area contributed by atoms with E-state index in [1.165, 1.54) is 0 Å². The second kappa shape index (κ2) is 6.85. The topological polar surface area (TPSA) is 67.4 Å². The minimum atomic E-state index is -0.251. The van der Waals surface area contributed by atoms with Crippen LogP contribution in [0.5, 0.6) is 0 Å². The Morgan fingerprint density at radius 3 is 2.64 bits per heavy atom. The number of carbonyl (C=O) groups excluding carboxylic acids is 1. The summed E-state index contributed by atoms with van der Waals surface area (Å²) in [6, 6.07) is 9.00. The Morgan fingerprint density at radius 1 is 1.18 bits per heavy atom. The molecule has 1 saturated heterocycles. The van der Waals surface area contributed by atoms with Crippen LogP contribution in [0.2, 0.25) is 0 Å². The molecule has 6 nitrogen and oxygen atoms in total. The Morgan fingerprint density at radius 2 is 1.91 bits per heavy atom. The van der Waals surface area contributed by atoms with Crippen LogP contribution >= 0.6 is 15.9 Å². The summed E-state index contributed by atoms with van der Waals surface area (Å²) < 4.78 is 6.27. The van der Waals surface area contributed by atoms with Crippen molar-refractivity contribution in [2.45, 2.75) is 0 Å². The average molecular weight is 363 g/mol. The quantitative estimate of drug-likeness (QED) is 0.907. The molecule has 0 aliphatic carbocycles. The first-order chi connectivity index (χ1) is 10.7. The summed E-state index contributed by atoms with van der Waals surface area (Å²) in [5.74, 6) is 0.311. The third kappa shape index (κ3) is 3.61. The maximum Gasteiger partial charge on any atom is 0.274 e. The smallest absolute Gasteiger partial charge is 0.274 e. The van der Waals surface area contributed by atoms with Crippen molar-refractivity contribution >= 4 is 33.5 Å². The van der Waals surface area contributed by atoms with Crippen LogP contribution in [0.4, 0.5) is 11.6 Å². The molecular formula is C15H15BrN4O2. The Bertz CT molecular complexity index is 657. The van der Waals surface area contributed by atoms with Gasteiger partial charge in [-0.25, -0.2) is 9.97 Å². The highest BCUT2D eigenvalue weighted by atomic mass is 79.9. The fraction of sp³-hybridized carbons (Fsp3) is 0.267. The zero-order valence-electron chi connectivity index (χ0n) is 11.8. The molecule has 114 valence electrons. The van der Waals surface area contributed by atoms with E-state index in [4.69, 9.17) is 4.74 Å². The van der Waals surface area contributed by atoms with E-state index < -0.39 is 0 Å². The zero-order valence-corrected chi connectivity index (χ0v) is 13.4. The van der Waals surface area contributed by atoms with Gasteiger partial charge in [-0.2, -0.15) is 0 Å². The lowest BCUT2D eigenvalue weighted by Gasteiger charge is -2.26. The molecule has 1 amide bonds. The number of aromatic nitrogens is 2. The van der Waals surface area contributed by atoms with Crippen LogP contribution in [0.1, 0.15) is 10.5 Å². The van der Waals surface area contributed by atoms with Crippen molar-refractivity contribution in [3.63, 3.8) is 0 Å². The Balaban J connectivity index is 1.73. The largest absolute Gasteiger partial charge is 0.378 e. The molecule has 1 aromatic heterocycles. The fourth-order valence-corrected chi connectivity index (χ4v) is 2.38. The number of morpholine rings is 1. The summed E-state index contributed by atoms with van der Waals surface area (Å²) in [4.78, 5) is 22.9. The lowest BCUT2D eigenvalue weighted by atomic mass is 10.3. The molecule has 0 spiro atoms. The van der Waals surface area contributed by atoms with Gasteiger partial charge in [-0.3, -0.25) is 4.79 Å². The van der Waals surface area contributed by atoms with E-state index in [1.54, 1.807) is 12.3 Å². The van der Waals surface area contributed by atoms with Gasteiger partial charge < -0.3 is 15.0 Å². The summed E-state index contributed by atoms with van der Waals surface area (Å²) >= 11 is 3.36. The standard InChI is InChI=1S/C15H15BrN4O2/c16-11-1-3-12(4-2-11)18-14(21)13-5-6-17-15(19-13)20-7-9-22-10-8-20/h1-6H,7-10H2,(H,18,21). The number of hydrogen-bond donors (Lipinski definition) is 1. The van der Waals surface area contributed by atoms with Gasteiger partial charge in [0.2, 0.25) is 5.95 Å². The third-order valence-electron chi connectivity index (χ3n) is 3.27. The van der Waals surface area contributed by atoms with Crippen molar-refractivity contribution in [2.75, 3.05) is 36.5 Å². The summed E-state index contributed by atoms with van der Waals surface area (Å²) in [6.07, 6.45) is 1.61. The molecule has 3 rings (SSSR count). The van der Waals surface area contributed by atoms with E-state index in [9.17, 15) is 4.79 Å². The van der Waals surface area contributed by atoms with E-state index in [0.29, 0.717) is 24.9 Å². The molecule has 1 aliphatic rings. The van der Waals surface area contributed by atoms with Crippen molar-refractivity contribution < 1.29 is 9.53 Å². The van der Waals surface area contributed by atoms with Crippen molar-refractivity contribution in [3.05, 3.63) is 46.7 Å². The summed E-state index contributed by atoms with van der Waals surface area (Å²) in [5.41, 5.74) is 1.07. The van der Waals surface area contributed by atoms with Crippen molar-refractivity contribution in [1.29, 1.82) is 0 Å². The number of halogens is 1. The van der Waals surface area contributed by atoms with Crippen LogP contribution < -0.4 is 10.2 Å². The number of amides is 1. The van der Waals surface area contributed by atoms with Gasteiger partial charge >= 0.3 is 0 Å². The van der Waals surface area contributed by atoms with Crippen LogP contribution in [0.3, 0.4) is 0 Å². The highest BCUT2D eigenvalue weighted by Crippen LogP contribution is 2.15. The van der Waals surface area contributed by atoms with Crippen LogP contribution in [-0.4, -0.2) is 42.2 Å². The molecule has 2 aromatic rings. The van der Waals surface area contributed by atoms with Gasteiger partial charge in [0.15, 0.2) is 0 Å². The van der Waals surface area contributed by atoms with Gasteiger partial charge in [-0.05, 0) is 30.3 Å². The molecule has 1 aromatic carbocycles. The van der Waals surface area contributed by atoms with Gasteiger partial charge in [0.25, 0.3) is 5.91 Å². The molecule has 1 aliphatic heterocycles. The van der Waals surface area contributed by atoms with Gasteiger partial charge in [-0.15, -0.1) is 0 Å². The minimum absolute atomic E-state index is 0.251. The zero-order chi connectivity index (χ0) is 15.4. The number of nitrogens with one attached hydrogen (secondary N) is 1. The molecule has 7 heteroatoms. The van der Waals surface area contributed by atoms with E-state index in [-0.39, 0.29) is 5.91 Å². The van der Waals surface area contributed by atoms with E-state index in [0.717, 1.165) is 23.2 Å². The predicted octanol–water partition coefficient (Wildman–Crippen LogP) is 2.33. The van der Waals surface area contributed by atoms with E-state index >= 15 is 0 Å². The van der Waals surface area contributed by atoms with Crippen molar-refractivity contribution in [2.24, 2.45) is 0 Å². The van der Waals surface area contributed by atoms with Crippen molar-refractivity contribution in [3.8, 4) is 0 Å². The van der Waals surface area contributed by atoms with Crippen LogP contribution in [0.15, 0.2) is 41.0 Å². The molecule has 2 heterocycles. The molecular weight excluding hydrogens is 348 g/mol. The molecule has 22 heavy (non-hydrogen) atoms. The second-order valence-electron chi connectivity index (χ2n) is 4.80. The van der Waals surface area contributed by atoms with Crippen LogP contribution in [0, 0.1) is 0 Å². The first kappa shape index (κ1) is 14.9. The number of rotatable bonds is 3. The number of anilines is 2. The lowest BCUT2D eigenvalue weighted by Crippen LogP contribution is -2.37. The normalized spacial score (nSPS) is 14.7. The van der Waals surface area contributed by atoms with Crippen LogP contribution in [0.25, 0.3) is 0 Å². The number of nitrogens with zero attached hydrogens (tertiary/aromatic N) is 3. The number of benzene rings is 1. The second-order valence-corrected chi connectivity index (χ2v) is 5.72. The molecule has 1 fully saturated rings. The molecule has 0 unspecified atom stereocenters. The molecule has 0 bridgehead atoms. The maximum atomic E-state index is 12.3. The molecule has 1 N–H and O–H groups in total. The summed E-state index contributed by atoms with van der Waals surface area (Å²) in [7, 11) is 0. The van der Waals surface area contributed by atoms with Gasteiger partial charge in [0, 0.05) is 29.4 Å². The first-order valence-electron chi connectivity index (χ1n) is 6.95. The Labute approximate surface area is 136 Å². The summed E-state index contributed by atoms with van der Waals surface area (Å²) in [5, 5.41) is 2.82.